The minimum Gasteiger partial charge on any atom is -0.490 e. The van der Waals surface area contributed by atoms with Gasteiger partial charge in [0.05, 0.1) is 12.6 Å². The average molecular weight is 375 g/mol. The molecule has 0 spiro atoms. The SMILES string of the molecule is CCOc1ccccc1OCC(=O)N[C@@H](c1ccccc1)c1ccc(C)cc1. The van der Waals surface area contributed by atoms with Crippen LogP contribution in [-0.4, -0.2) is 19.1 Å². The lowest BCUT2D eigenvalue weighted by atomic mass is 9.98. The first-order valence-electron chi connectivity index (χ1n) is 9.43. The van der Waals surface area contributed by atoms with Gasteiger partial charge in [-0.3, -0.25) is 4.79 Å². The van der Waals surface area contributed by atoms with Gasteiger partial charge in [-0.05, 0) is 37.1 Å². The second-order valence-electron chi connectivity index (χ2n) is 6.49. The molecular formula is C24H25NO3. The van der Waals surface area contributed by atoms with E-state index in [9.17, 15) is 4.79 Å². The molecule has 4 nitrogen and oxygen atoms in total. The number of amides is 1. The second kappa shape index (κ2) is 9.60. The lowest BCUT2D eigenvalue weighted by Gasteiger charge is -2.20. The maximum atomic E-state index is 12.6. The minimum absolute atomic E-state index is 0.0840. The highest BCUT2D eigenvalue weighted by Gasteiger charge is 2.17. The van der Waals surface area contributed by atoms with Crippen LogP contribution in [0.5, 0.6) is 11.5 Å². The highest BCUT2D eigenvalue weighted by molar-refractivity contribution is 5.78. The molecule has 0 aliphatic heterocycles. The summed E-state index contributed by atoms with van der Waals surface area (Å²) in [5.74, 6) is 1.00. The van der Waals surface area contributed by atoms with Gasteiger partial charge in [0.1, 0.15) is 0 Å². The van der Waals surface area contributed by atoms with Crippen molar-refractivity contribution in [1.29, 1.82) is 0 Å². The molecule has 1 atom stereocenters. The Morgan fingerprint density at radius 3 is 2.04 bits per heavy atom. The first kappa shape index (κ1) is 19.5. The maximum Gasteiger partial charge on any atom is 0.258 e. The van der Waals surface area contributed by atoms with Crippen LogP contribution in [-0.2, 0) is 4.79 Å². The third-order valence-corrected chi connectivity index (χ3v) is 4.36. The molecule has 0 radical (unpaired) electrons. The summed E-state index contributed by atoms with van der Waals surface area (Å²) in [6.07, 6.45) is 0. The second-order valence-corrected chi connectivity index (χ2v) is 6.49. The molecule has 0 bridgehead atoms. The number of rotatable bonds is 8. The summed E-state index contributed by atoms with van der Waals surface area (Å²) in [7, 11) is 0. The first-order chi connectivity index (χ1) is 13.7. The largest absolute Gasteiger partial charge is 0.490 e. The highest BCUT2D eigenvalue weighted by Crippen LogP contribution is 2.26. The van der Waals surface area contributed by atoms with Crippen LogP contribution in [0.25, 0.3) is 0 Å². The number of hydrogen-bond donors (Lipinski definition) is 1. The normalized spacial score (nSPS) is 11.5. The smallest absolute Gasteiger partial charge is 0.258 e. The zero-order valence-electron chi connectivity index (χ0n) is 16.2. The molecule has 1 amide bonds. The number of aryl methyl sites for hydroxylation is 1. The van der Waals surface area contributed by atoms with Gasteiger partial charge in [0, 0.05) is 0 Å². The van der Waals surface area contributed by atoms with E-state index >= 15 is 0 Å². The molecule has 4 heteroatoms. The van der Waals surface area contributed by atoms with E-state index in [2.05, 4.69) is 5.32 Å². The summed E-state index contributed by atoms with van der Waals surface area (Å²) < 4.78 is 11.2. The first-order valence-corrected chi connectivity index (χ1v) is 9.43. The number of ether oxygens (including phenoxy) is 2. The molecule has 0 aliphatic carbocycles. The molecule has 0 fully saturated rings. The monoisotopic (exact) mass is 375 g/mol. The van der Waals surface area contributed by atoms with Gasteiger partial charge in [0.2, 0.25) is 0 Å². The highest BCUT2D eigenvalue weighted by atomic mass is 16.5. The lowest BCUT2D eigenvalue weighted by Crippen LogP contribution is -2.33. The van der Waals surface area contributed by atoms with Crippen LogP contribution >= 0.6 is 0 Å². The topological polar surface area (TPSA) is 47.6 Å². The molecule has 0 saturated carbocycles. The van der Waals surface area contributed by atoms with E-state index in [-0.39, 0.29) is 18.6 Å². The Labute approximate surface area is 166 Å². The van der Waals surface area contributed by atoms with Crippen LogP contribution in [0.15, 0.2) is 78.9 Å². The summed E-state index contributed by atoms with van der Waals surface area (Å²) in [6, 6.07) is 25.2. The molecule has 0 heterocycles. The fraction of sp³-hybridized carbons (Fsp3) is 0.208. The number of hydrogen-bond acceptors (Lipinski definition) is 3. The van der Waals surface area contributed by atoms with Gasteiger partial charge >= 0.3 is 0 Å². The number of nitrogens with one attached hydrogen (secondary N) is 1. The molecule has 0 saturated heterocycles. The minimum atomic E-state index is -0.236. The lowest BCUT2D eigenvalue weighted by molar-refractivity contribution is -0.123. The van der Waals surface area contributed by atoms with Gasteiger partial charge in [-0.15, -0.1) is 0 Å². The molecule has 3 rings (SSSR count). The van der Waals surface area contributed by atoms with Crippen molar-refractivity contribution in [3.8, 4) is 11.5 Å². The zero-order chi connectivity index (χ0) is 19.8. The standard InChI is InChI=1S/C24H25NO3/c1-3-27-21-11-7-8-12-22(21)28-17-23(26)25-24(19-9-5-4-6-10-19)20-15-13-18(2)14-16-20/h4-16,24H,3,17H2,1-2H3,(H,25,26)/t24-/m0/s1. The van der Waals surface area contributed by atoms with Gasteiger partial charge in [0.25, 0.3) is 5.91 Å². The van der Waals surface area contributed by atoms with Crippen LogP contribution in [0.4, 0.5) is 0 Å². The molecule has 0 aromatic heterocycles. The van der Waals surface area contributed by atoms with Gasteiger partial charge in [-0.25, -0.2) is 0 Å². The van der Waals surface area contributed by atoms with Crippen molar-refractivity contribution in [3.05, 3.63) is 95.6 Å². The van der Waals surface area contributed by atoms with E-state index in [1.165, 1.54) is 5.56 Å². The molecule has 3 aromatic rings. The molecule has 144 valence electrons. The molecule has 1 N–H and O–H groups in total. The molecule has 28 heavy (non-hydrogen) atoms. The molecular weight excluding hydrogens is 350 g/mol. The maximum absolute atomic E-state index is 12.6. The average Bonchev–Trinajstić information content (AvgIpc) is 2.73. The Hall–Kier alpha value is -3.27. The van der Waals surface area contributed by atoms with Crippen molar-refractivity contribution < 1.29 is 14.3 Å². The number of para-hydroxylation sites is 2. The van der Waals surface area contributed by atoms with E-state index in [4.69, 9.17) is 9.47 Å². The van der Waals surface area contributed by atoms with Crippen LogP contribution in [0.2, 0.25) is 0 Å². The van der Waals surface area contributed by atoms with Gasteiger partial charge in [-0.2, -0.15) is 0 Å². The van der Waals surface area contributed by atoms with E-state index in [1.807, 2.05) is 86.6 Å². The van der Waals surface area contributed by atoms with Gasteiger partial charge < -0.3 is 14.8 Å². The summed E-state index contributed by atoms with van der Waals surface area (Å²) in [4.78, 5) is 12.6. The predicted molar refractivity (Wildman–Crippen MR) is 111 cm³/mol. The number of carbonyl (C=O) groups is 1. The molecule has 0 aliphatic rings. The van der Waals surface area contributed by atoms with Crippen molar-refractivity contribution >= 4 is 5.91 Å². The Kier molecular flexibility index (Phi) is 6.68. The summed E-state index contributed by atoms with van der Waals surface area (Å²) >= 11 is 0. The fourth-order valence-electron chi connectivity index (χ4n) is 2.95. The van der Waals surface area contributed by atoms with Crippen LogP contribution in [0, 0.1) is 6.92 Å². The third kappa shape index (κ3) is 5.13. The Morgan fingerprint density at radius 1 is 0.821 bits per heavy atom. The van der Waals surface area contributed by atoms with E-state index in [0.717, 1.165) is 11.1 Å². The number of carbonyl (C=O) groups excluding carboxylic acids is 1. The number of benzene rings is 3. The van der Waals surface area contributed by atoms with Crippen LogP contribution < -0.4 is 14.8 Å². The van der Waals surface area contributed by atoms with Crippen molar-refractivity contribution in [2.45, 2.75) is 19.9 Å². The predicted octanol–water partition coefficient (Wildman–Crippen LogP) is 4.68. The fourth-order valence-corrected chi connectivity index (χ4v) is 2.95. The molecule has 0 unspecified atom stereocenters. The summed E-state index contributed by atoms with van der Waals surface area (Å²) in [6.45, 7) is 4.41. The van der Waals surface area contributed by atoms with Gasteiger partial charge in [0.15, 0.2) is 18.1 Å². The van der Waals surface area contributed by atoms with Crippen molar-refractivity contribution in [2.75, 3.05) is 13.2 Å². The summed E-state index contributed by atoms with van der Waals surface area (Å²) in [5.41, 5.74) is 3.23. The Bertz CT molecular complexity index is 891. The van der Waals surface area contributed by atoms with Crippen molar-refractivity contribution in [3.63, 3.8) is 0 Å². The van der Waals surface area contributed by atoms with E-state index in [1.54, 1.807) is 6.07 Å². The van der Waals surface area contributed by atoms with Crippen LogP contribution in [0.1, 0.15) is 29.7 Å². The van der Waals surface area contributed by atoms with Crippen molar-refractivity contribution in [1.82, 2.24) is 5.32 Å². The van der Waals surface area contributed by atoms with Gasteiger partial charge in [-0.1, -0.05) is 72.3 Å². The van der Waals surface area contributed by atoms with E-state index in [0.29, 0.717) is 18.1 Å². The van der Waals surface area contributed by atoms with Crippen LogP contribution in [0.3, 0.4) is 0 Å². The molecule has 3 aromatic carbocycles. The zero-order valence-corrected chi connectivity index (χ0v) is 16.2. The van der Waals surface area contributed by atoms with Crippen molar-refractivity contribution in [2.24, 2.45) is 0 Å². The Morgan fingerprint density at radius 2 is 1.39 bits per heavy atom. The summed E-state index contributed by atoms with van der Waals surface area (Å²) in [5, 5.41) is 3.09. The van der Waals surface area contributed by atoms with E-state index < -0.39 is 0 Å². The third-order valence-electron chi connectivity index (χ3n) is 4.36. The quantitative estimate of drug-likeness (QED) is 0.622. The Balaban J connectivity index is 1.72.